The fourth-order valence-electron chi connectivity index (χ4n) is 1.92. The van der Waals surface area contributed by atoms with Crippen molar-refractivity contribution in [3.05, 3.63) is 63.7 Å². The van der Waals surface area contributed by atoms with E-state index >= 15 is 0 Å². The average molecular weight is 334 g/mol. The highest BCUT2D eigenvalue weighted by Crippen LogP contribution is 2.28. The summed E-state index contributed by atoms with van der Waals surface area (Å²) in [5.41, 5.74) is 0.389. The number of sulfonamides is 1. The van der Waals surface area contributed by atoms with Crippen LogP contribution in [-0.4, -0.2) is 19.1 Å². The van der Waals surface area contributed by atoms with Gasteiger partial charge in [0, 0.05) is 11.6 Å². The van der Waals surface area contributed by atoms with Crippen LogP contribution in [-0.2, 0) is 10.0 Å². The zero-order valence-corrected chi connectivity index (χ0v) is 13.3. The molecule has 120 valence electrons. The van der Waals surface area contributed by atoms with Gasteiger partial charge in [0.1, 0.15) is 5.69 Å². The first-order valence-corrected chi connectivity index (χ1v) is 8.08. The average Bonchev–Trinajstić information content (AvgIpc) is 2.46. The van der Waals surface area contributed by atoms with Crippen molar-refractivity contribution >= 4 is 27.2 Å². The number of carbonyl (C=O) groups excluding carboxylic acids is 1. The van der Waals surface area contributed by atoms with E-state index in [1.54, 1.807) is 12.1 Å². The smallest absolute Gasteiger partial charge is 0.293 e. The Kier molecular flexibility index (Phi) is 4.46. The molecule has 0 saturated carbocycles. The number of anilines is 1. The molecule has 0 saturated heterocycles. The SMILES string of the molecule is CC(=O)c1ccc([N+](=O)[O-])c(NS(=O)(=O)c2ccc(C)cc2)c1. The Morgan fingerprint density at radius 2 is 1.74 bits per heavy atom. The number of aryl methyl sites for hydroxylation is 1. The Morgan fingerprint density at radius 3 is 2.26 bits per heavy atom. The summed E-state index contributed by atoms with van der Waals surface area (Å²) in [6.45, 7) is 3.10. The molecule has 2 aromatic rings. The van der Waals surface area contributed by atoms with Crippen molar-refractivity contribution in [2.75, 3.05) is 4.72 Å². The molecule has 23 heavy (non-hydrogen) atoms. The number of ketones is 1. The number of benzene rings is 2. The monoisotopic (exact) mass is 334 g/mol. The first-order chi connectivity index (χ1) is 10.7. The maximum Gasteiger partial charge on any atom is 0.293 e. The van der Waals surface area contributed by atoms with Crippen molar-refractivity contribution in [2.24, 2.45) is 0 Å². The minimum atomic E-state index is -3.99. The fraction of sp³-hybridized carbons (Fsp3) is 0.133. The first-order valence-electron chi connectivity index (χ1n) is 6.59. The van der Waals surface area contributed by atoms with Crippen LogP contribution in [0.25, 0.3) is 0 Å². The third kappa shape index (κ3) is 3.72. The summed E-state index contributed by atoms with van der Waals surface area (Å²) in [6, 6.07) is 9.58. The van der Waals surface area contributed by atoms with Gasteiger partial charge in [-0.05, 0) is 38.1 Å². The summed E-state index contributed by atoms with van der Waals surface area (Å²) >= 11 is 0. The predicted octanol–water partition coefficient (Wildman–Crippen LogP) is 2.91. The van der Waals surface area contributed by atoms with Gasteiger partial charge < -0.3 is 0 Å². The lowest BCUT2D eigenvalue weighted by Crippen LogP contribution is -2.14. The molecule has 0 aliphatic rings. The number of nitro benzene ring substituents is 1. The Bertz CT molecular complexity index is 873. The van der Waals surface area contributed by atoms with Crippen LogP contribution in [0.1, 0.15) is 22.8 Å². The molecule has 0 heterocycles. The van der Waals surface area contributed by atoms with Crippen molar-refractivity contribution in [1.29, 1.82) is 0 Å². The van der Waals surface area contributed by atoms with E-state index in [1.165, 1.54) is 25.1 Å². The van der Waals surface area contributed by atoms with Gasteiger partial charge in [0.05, 0.1) is 9.82 Å². The van der Waals surface area contributed by atoms with Gasteiger partial charge in [-0.2, -0.15) is 0 Å². The molecule has 1 N–H and O–H groups in total. The van der Waals surface area contributed by atoms with Crippen molar-refractivity contribution < 1.29 is 18.1 Å². The van der Waals surface area contributed by atoms with Crippen LogP contribution in [0.5, 0.6) is 0 Å². The zero-order valence-electron chi connectivity index (χ0n) is 12.4. The molecular weight excluding hydrogens is 320 g/mol. The fourth-order valence-corrected chi connectivity index (χ4v) is 2.98. The second-order valence-corrected chi connectivity index (χ2v) is 6.65. The third-order valence-corrected chi connectivity index (χ3v) is 4.56. The Balaban J connectivity index is 2.48. The highest BCUT2D eigenvalue weighted by molar-refractivity contribution is 7.92. The Hall–Kier alpha value is -2.74. The van der Waals surface area contributed by atoms with Crippen molar-refractivity contribution in [3.63, 3.8) is 0 Å². The van der Waals surface area contributed by atoms with Gasteiger partial charge in [0.2, 0.25) is 0 Å². The van der Waals surface area contributed by atoms with Crippen LogP contribution in [0.2, 0.25) is 0 Å². The minimum Gasteiger partial charge on any atom is -0.295 e. The maximum atomic E-state index is 12.4. The van der Waals surface area contributed by atoms with Gasteiger partial charge in [-0.25, -0.2) is 8.42 Å². The van der Waals surface area contributed by atoms with E-state index in [4.69, 9.17) is 0 Å². The quantitative estimate of drug-likeness (QED) is 0.514. The van der Waals surface area contributed by atoms with Gasteiger partial charge in [-0.1, -0.05) is 17.7 Å². The molecule has 0 atom stereocenters. The number of hydrogen-bond acceptors (Lipinski definition) is 5. The minimum absolute atomic E-state index is 0.0226. The lowest BCUT2D eigenvalue weighted by Gasteiger charge is -2.09. The van der Waals surface area contributed by atoms with E-state index in [1.807, 2.05) is 6.92 Å². The number of nitrogens with zero attached hydrogens (tertiary/aromatic N) is 1. The largest absolute Gasteiger partial charge is 0.295 e. The number of hydrogen-bond donors (Lipinski definition) is 1. The van der Waals surface area contributed by atoms with Crippen molar-refractivity contribution in [2.45, 2.75) is 18.7 Å². The number of carbonyl (C=O) groups is 1. The molecule has 0 amide bonds. The predicted molar refractivity (Wildman–Crippen MR) is 85.1 cm³/mol. The molecule has 2 aromatic carbocycles. The lowest BCUT2D eigenvalue weighted by molar-refractivity contribution is -0.383. The molecule has 0 spiro atoms. The van der Waals surface area contributed by atoms with E-state index in [9.17, 15) is 23.3 Å². The van der Waals surface area contributed by atoms with Gasteiger partial charge in [-0.15, -0.1) is 0 Å². The molecule has 0 fully saturated rings. The molecule has 7 nitrogen and oxygen atoms in total. The summed E-state index contributed by atoms with van der Waals surface area (Å²) in [5, 5.41) is 11.1. The number of nitro groups is 1. The molecule has 0 aromatic heterocycles. The zero-order chi connectivity index (χ0) is 17.2. The molecule has 2 rings (SSSR count). The Morgan fingerprint density at radius 1 is 1.13 bits per heavy atom. The van der Waals surface area contributed by atoms with Gasteiger partial charge in [0.25, 0.3) is 15.7 Å². The summed E-state index contributed by atoms with van der Waals surface area (Å²) in [4.78, 5) is 21.7. The standard InChI is InChI=1S/C15H14N2O5S/c1-10-3-6-13(7-4-10)23(21,22)16-14-9-12(11(2)18)5-8-15(14)17(19)20/h3-9,16H,1-2H3. The highest BCUT2D eigenvalue weighted by atomic mass is 32.2. The van der Waals surface area contributed by atoms with E-state index in [-0.39, 0.29) is 21.9 Å². The first kappa shape index (κ1) is 16.6. The molecule has 0 aliphatic carbocycles. The summed E-state index contributed by atoms with van der Waals surface area (Å²) in [7, 11) is -3.99. The third-order valence-electron chi connectivity index (χ3n) is 3.18. The second kappa shape index (κ2) is 6.17. The van der Waals surface area contributed by atoms with E-state index in [2.05, 4.69) is 4.72 Å². The molecule has 8 heteroatoms. The number of rotatable bonds is 5. The normalized spacial score (nSPS) is 11.0. The van der Waals surface area contributed by atoms with E-state index in [0.29, 0.717) is 0 Å². The van der Waals surface area contributed by atoms with Gasteiger partial charge in [0.15, 0.2) is 5.78 Å². The summed E-state index contributed by atoms with van der Waals surface area (Å²) in [5.74, 6) is -0.323. The van der Waals surface area contributed by atoms with Crippen LogP contribution >= 0.6 is 0 Å². The van der Waals surface area contributed by atoms with Crippen LogP contribution in [0, 0.1) is 17.0 Å². The maximum absolute atomic E-state index is 12.4. The highest BCUT2D eigenvalue weighted by Gasteiger charge is 2.21. The van der Waals surface area contributed by atoms with E-state index < -0.39 is 20.6 Å². The van der Waals surface area contributed by atoms with Crippen LogP contribution in [0.3, 0.4) is 0 Å². The molecular formula is C15H14N2O5S. The second-order valence-electron chi connectivity index (χ2n) is 4.96. The van der Waals surface area contributed by atoms with Gasteiger partial charge >= 0.3 is 0 Å². The topological polar surface area (TPSA) is 106 Å². The van der Waals surface area contributed by atoms with Gasteiger partial charge in [-0.3, -0.25) is 19.6 Å². The molecule has 0 aliphatic heterocycles. The molecule has 0 unspecified atom stereocenters. The number of nitrogens with one attached hydrogen (secondary N) is 1. The Labute approximate surface area is 133 Å². The van der Waals surface area contributed by atoms with Crippen LogP contribution in [0.15, 0.2) is 47.4 Å². The summed E-state index contributed by atoms with van der Waals surface area (Å²) < 4.78 is 26.9. The van der Waals surface area contributed by atoms with Crippen molar-refractivity contribution in [1.82, 2.24) is 0 Å². The van der Waals surface area contributed by atoms with Crippen molar-refractivity contribution in [3.8, 4) is 0 Å². The number of Topliss-reactive ketones (excluding diaryl/α,β-unsaturated/α-hetero) is 1. The lowest BCUT2D eigenvalue weighted by atomic mass is 10.1. The van der Waals surface area contributed by atoms with Crippen LogP contribution in [0.4, 0.5) is 11.4 Å². The summed E-state index contributed by atoms with van der Waals surface area (Å²) in [6.07, 6.45) is 0. The van der Waals surface area contributed by atoms with E-state index in [0.717, 1.165) is 17.7 Å². The van der Waals surface area contributed by atoms with Crippen LogP contribution < -0.4 is 4.72 Å². The molecule has 0 bridgehead atoms. The molecule has 0 radical (unpaired) electrons.